The Bertz CT molecular complexity index is 928. The first-order valence-corrected chi connectivity index (χ1v) is 10.4. The van der Waals surface area contributed by atoms with Gasteiger partial charge in [0.2, 0.25) is 10.0 Å². The summed E-state index contributed by atoms with van der Waals surface area (Å²) < 4.78 is 28.1. The van der Waals surface area contributed by atoms with E-state index < -0.39 is 10.0 Å². The van der Waals surface area contributed by atoms with E-state index in [1.54, 1.807) is 25.2 Å². The Balaban J connectivity index is 0.00000280. The first-order valence-electron chi connectivity index (χ1n) is 8.89. The van der Waals surface area contributed by atoms with Gasteiger partial charge in [-0.15, -0.1) is 24.0 Å². The zero-order valence-electron chi connectivity index (χ0n) is 16.3. The van der Waals surface area contributed by atoms with Gasteiger partial charge in [-0.05, 0) is 36.7 Å². The van der Waals surface area contributed by atoms with Gasteiger partial charge in [0.05, 0.1) is 11.1 Å². The minimum atomic E-state index is -3.44. The van der Waals surface area contributed by atoms with Crippen LogP contribution in [0, 0.1) is 0 Å². The number of hydrogen-bond acceptors (Lipinski definition) is 4. The van der Waals surface area contributed by atoms with Gasteiger partial charge in [-0.2, -0.15) is 5.10 Å². The molecule has 0 aliphatic carbocycles. The molecule has 2 N–H and O–H groups in total. The van der Waals surface area contributed by atoms with Gasteiger partial charge >= 0.3 is 0 Å². The third kappa shape index (κ3) is 5.23. The number of aliphatic imine (C=N–C) groups is 1. The number of aromatic nitrogens is 2. The molecule has 1 aliphatic heterocycles. The number of sulfonamides is 1. The minimum Gasteiger partial charge on any atom is -0.352 e. The predicted octanol–water partition coefficient (Wildman–Crippen LogP) is 1.51. The summed E-state index contributed by atoms with van der Waals surface area (Å²) in [6.45, 7) is 2.32. The summed E-state index contributed by atoms with van der Waals surface area (Å²) in [5, 5.41) is 7.60. The average molecular weight is 518 g/mol. The summed E-state index contributed by atoms with van der Waals surface area (Å²) in [5.41, 5.74) is 2.14. The largest absolute Gasteiger partial charge is 0.352 e. The fourth-order valence-corrected chi connectivity index (χ4v) is 4.13. The number of nitrogens with one attached hydrogen (secondary N) is 2. The third-order valence-electron chi connectivity index (χ3n) is 4.82. The van der Waals surface area contributed by atoms with Crippen LogP contribution in [-0.4, -0.2) is 56.2 Å². The molecule has 0 radical (unpaired) electrons. The summed E-state index contributed by atoms with van der Waals surface area (Å²) in [6.07, 6.45) is 5.05. The van der Waals surface area contributed by atoms with Gasteiger partial charge < -0.3 is 10.2 Å². The van der Waals surface area contributed by atoms with E-state index in [1.807, 2.05) is 24.0 Å². The van der Waals surface area contributed by atoms with Crippen molar-refractivity contribution in [3.05, 3.63) is 47.8 Å². The Labute approximate surface area is 183 Å². The molecule has 1 fully saturated rings. The van der Waals surface area contributed by atoms with Crippen molar-refractivity contribution in [2.75, 3.05) is 27.2 Å². The maximum absolute atomic E-state index is 12.0. The van der Waals surface area contributed by atoms with Crippen molar-refractivity contribution in [1.29, 1.82) is 0 Å². The molecule has 2 heterocycles. The van der Waals surface area contributed by atoms with E-state index in [-0.39, 0.29) is 28.9 Å². The Morgan fingerprint density at radius 1 is 1.39 bits per heavy atom. The number of halogens is 1. The lowest BCUT2D eigenvalue weighted by atomic mass is 10.0. The number of benzene rings is 1. The van der Waals surface area contributed by atoms with Crippen LogP contribution in [0.25, 0.3) is 0 Å². The van der Waals surface area contributed by atoms with Crippen LogP contribution in [-0.2, 0) is 23.6 Å². The number of likely N-dealkylation sites (tertiary alicyclic amines) is 1. The van der Waals surface area contributed by atoms with Crippen LogP contribution in [0.3, 0.4) is 0 Å². The fraction of sp³-hybridized carbons (Fsp3) is 0.444. The average Bonchev–Trinajstić information content (AvgIpc) is 3.32. The number of nitrogens with zero attached hydrogens (tertiary/aromatic N) is 4. The Morgan fingerprint density at radius 2 is 2.18 bits per heavy atom. The minimum absolute atomic E-state index is 0. The van der Waals surface area contributed by atoms with Crippen LogP contribution in [0.2, 0.25) is 0 Å². The molecule has 1 aromatic carbocycles. The van der Waals surface area contributed by atoms with E-state index >= 15 is 0 Å². The van der Waals surface area contributed by atoms with E-state index in [2.05, 4.69) is 31.2 Å². The van der Waals surface area contributed by atoms with E-state index in [4.69, 9.17) is 0 Å². The van der Waals surface area contributed by atoms with Gasteiger partial charge in [-0.25, -0.2) is 13.1 Å². The van der Waals surface area contributed by atoms with Gasteiger partial charge in [-0.3, -0.25) is 9.67 Å². The summed E-state index contributed by atoms with van der Waals surface area (Å²) in [4.78, 5) is 6.88. The summed E-state index contributed by atoms with van der Waals surface area (Å²) in [6, 6.07) is 6.91. The molecule has 0 saturated carbocycles. The first kappa shape index (κ1) is 22.6. The van der Waals surface area contributed by atoms with Gasteiger partial charge in [0.15, 0.2) is 5.96 Å². The molecule has 1 aliphatic rings. The third-order valence-corrected chi connectivity index (χ3v) is 6.24. The van der Waals surface area contributed by atoms with Crippen molar-refractivity contribution in [3.8, 4) is 0 Å². The molecule has 1 atom stereocenters. The van der Waals surface area contributed by atoms with Crippen LogP contribution in [0.15, 0.2) is 46.5 Å². The Kier molecular flexibility index (Phi) is 7.84. The van der Waals surface area contributed by atoms with Crippen molar-refractivity contribution in [2.45, 2.75) is 23.8 Å². The van der Waals surface area contributed by atoms with E-state index in [9.17, 15) is 8.42 Å². The lowest BCUT2D eigenvalue weighted by Crippen LogP contribution is -2.39. The van der Waals surface area contributed by atoms with E-state index in [0.29, 0.717) is 12.5 Å². The zero-order valence-corrected chi connectivity index (χ0v) is 19.4. The number of hydrogen-bond donors (Lipinski definition) is 2. The Hall–Kier alpha value is -1.66. The molecule has 8 nitrogen and oxygen atoms in total. The second-order valence-corrected chi connectivity index (χ2v) is 8.52. The van der Waals surface area contributed by atoms with Crippen molar-refractivity contribution >= 4 is 40.0 Å². The van der Waals surface area contributed by atoms with Crippen LogP contribution < -0.4 is 10.0 Å². The smallest absolute Gasteiger partial charge is 0.240 e. The fourth-order valence-electron chi connectivity index (χ4n) is 3.33. The molecular weight excluding hydrogens is 491 g/mol. The molecule has 0 spiro atoms. The highest BCUT2D eigenvalue weighted by Gasteiger charge is 2.26. The molecule has 1 saturated heterocycles. The molecule has 0 amide bonds. The van der Waals surface area contributed by atoms with Crippen molar-refractivity contribution < 1.29 is 8.42 Å². The normalized spacial score (nSPS) is 17.5. The molecule has 154 valence electrons. The lowest BCUT2D eigenvalue weighted by molar-refractivity contribution is 0.486. The van der Waals surface area contributed by atoms with Gasteiger partial charge in [-0.1, -0.05) is 12.1 Å². The molecule has 3 rings (SSSR count). The molecule has 0 bridgehead atoms. The molecule has 2 aromatic rings. The van der Waals surface area contributed by atoms with Gasteiger partial charge in [0.1, 0.15) is 0 Å². The first-order chi connectivity index (χ1) is 12.9. The van der Waals surface area contributed by atoms with E-state index in [0.717, 1.165) is 31.0 Å². The Morgan fingerprint density at radius 3 is 2.82 bits per heavy atom. The van der Waals surface area contributed by atoms with Gasteiger partial charge in [0.25, 0.3) is 0 Å². The highest BCUT2D eigenvalue weighted by atomic mass is 127. The van der Waals surface area contributed by atoms with Crippen molar-refractivity contribution in [2.24, 2.45) is 12.0 Å². The lowest BCUT2D eigenvalue weighted by Gasteiger charge is -2.21. The number of rotatable bonds is 5. The number of guanidine groups is 1. The summed E-state index contributed by atoms with van der Waals surface area (Å²) >= 11 is 0. The SMILES string of the molecule is CN=C(NCc1cccc(S(=O)(=O)NC)c1)N1CCC(c2cnn(C)c2)C1.I. The predicted molar refractivity (Wildman–Crippen MR) is 120 cm³/mol. The summed E-state index contributed by atoms with van der Waals surface area (Å²) in [5.74, 6) is 1.27. The molecule has 28 heavy (non-hydrogen) atoms. The maximum Gasteiger partial charge on any atom is 0.240 e. The van der Waals surface area contributed by atoms with Crippen LogP contribution >= 0.6 is 24.0 Å². The second kappa shape index (κ2) is 9.70. The van der Waals surface area contributed by atoms with Crippen LogP contribution in [0.4, 0.5) is 0 Å². The quantitative estimate of drug-likeness (QED) is 0.356. The number of aryl methyl sites for hydroxylation is 1. The van der Waals surface area contributed by atoms with Gasteiger partial charge in [0, 0.05) is 45.8 Å². The molecule has 1 aromatic heterocycles. The topological polar surface area (TPSA) is 91.6 Å². The zero-order chi connectivity index (χ0) is 19.4. The van der Waals surface area contributed by atoms with Crippen molar-refractivity contribution in [3.63, 3.8) is 0 Å². The summed E-state index contributed by atoms with van der Waals surface area (Å²) in [7, 11) is 1.66. The molecular formula is C18H27IN6O2S. The van der Waals surface area contributed by atoms with Crippen molar-refractivity contribution in [1.82, 2.24) is 24.7 Å². The monoisotopic (exact) mass is 518 g/mol. The maximum atomic E-state index is 12.0. The van der Waals surface area contributed by atoms with Crippen LogP contribution in [0.5, 0.6) is 0 Å². The standard InChI is InChI=1S/C18H26N6O2S.HI/c1-19-18(24-8-7-15(13-24)16-11-22-23(3)12-16)21-10-14-5-4-6-17(9-14)27(25,26)20-2;/h4-6,9,11-12,15,20H,7-8,10,13H2,1-3H3,(H,19,21);1H. The second-order valence-electron chi connectivity index (χ2n) is 6.63. The molecule has 10 heteroatoms. The highest BCUT2D eigenvalue weighted by Crippen LogP contribution is 2.26. The molecule has 1 unspecified atom stereocenters. The van der Waals surface area contributed by atoms with E-state index in [1.165, 1.54) is 12.6 Å². The highest BCUT2D eigenvalue weighted by molar-refractivity contribution is 14.0. The van der Waals surface area contributed by atoms with Crippen LogP contribution in [0.1, 0.15) is 23.5 Å².